The van der Waals surface area contributed by atoms with Crippen molar-refractivity contribution in [3.63, 3.8) is 0 Å². The molecular formula is C18H27FN2O3. The van der Waals surface area contributed by atoms with Crippen molar-refractivity contribution in [3.05, 3.63) is 35.6 Å². The summed E-state index contributed by atoms with van der Waals surface area (Å²) in [5.41, 5.74) is 0.238. The number of aliphatic carboxylic acids is 1. The van der Waals surface area contributed by atoms with Crippen LogP contribution >= 0.6 is 0 Å². The number of benzene rings is 1. The van der Waals surface area contributed by atoms with Crippen molar-refractivity contribution < 1.29 is 19.1 Å². The van der Waals surface area contributed by atoms with E-state index in [1.165, 1.54) is 12.1 Å². The maximum Gasteiger partial charge on any atom is 0.317 e. The van der Waals surface area contributed by atoms with Gasteiger partial charge in [-0.3, -0.25) is 14.5 Å². The van der Waals surface area contributed by atoms with Crippen LogP contribution in [0.4, 0.5) is 4.39 Å². The van der Waals surface area contributed by atoms with Crippen LogP contribution in [0.2, 0.25) is 0 Å². The molecule has 1 aromatic rings. The maximum atomic E-state index is 13.4. The Morgan fingerprint density at radius 1 is 1.21 bits per heavy atom. The van der Waals surface area contributed by atoms with Gasteiger partial charge in [0.05, 0.1) is 13.1 Å². The van der Waals surface area contributed by atoms with Gasteiger partial charge in [0.1, 0.15) is 5.82 Å². The highest BCUT2D eigenvalue weighted by molar-refractivity contribution is 5.80. The lowest BCUT2D eigenvalue weighted by molar-refractivity contribution is -0.142. The van der Waals surface area contributed by atoms with Crippen molar-refractivity contribution in [3.8, 4) is 0 Å². The van der Waals surface area contributed by atoms with Gasteiger partial charge in [-0.1, -0.05) is 12.1 Å². The standard InChI is InChI=1S/C18H27FN2O3/c1-13(2)20(12-17(23)24)11-16(22)21(18(3,4)5)10-14-7-6-8-15(19)9-14/h6-9,13H,10-12H2,1-5H3,(H,23,24). The second-order valence-corrected chi connectivity index (χ2v) is 7.17. The van der Waals surface area contributed by atoms with Crippen molar-refractivity contribution >= 4 is 11.9 Å². The number of rotatable bonds is 7. The largest absolute Gasteiger partial charge is 0.480 e. The van der Waals surface area contributed by atoms with E-state index in [9.17, 15) is 14.0 Å². The Hall–Kier alpha value is -1.95. The molecule has 1 amide bonds. The normalized spacial score (nSPS) is 11.8. The van der Waals surface area contributed by atoms with E-state index in [1.807, 2.05) is 34.6 Å². The number of hydrogen-bond donors (Lipinski definition) is 1. The fourth-order valence-electron chi connectivity index (χ4n) is 2.37. The van der Waals surface area contributed by atoms with Gasteiger partial charge < -0.3 is 10.0 Å². The van der Waals surface area contributed by atoms with Crippen molar-refractivity contribution in [2.75, 3.05) is 13.1 Å². The van der Waals surface area contributed by atoms with E-state index in [0.29, 0.717) is 5.56 Å². The summed E-state index contributed by atoms with van der Waals surface area (Å²) in [5, 5.41) is 9.00. The van der Waals surface area contributed by atoms with Crippen LogP contribution < -0.4 is 0 Å². The van der Waals surface area contributed by atoms with Gasteiger partial charge in [-0.25, -0.2) is 4.39 Å². The molecule has 1 aromatic carbocycles. The quantitative estimate of drug-likeness (QED) is 0.830. The monoisotopic (exact) mass is 338 g/mol. The molecule has 0 aliphatic heterocycles. The topological polar surface area (TPSA) is 60.9 Å². The molecule has 6 heteroatoms. The van der Waals surface area contributed by atoms with Crippen molar-refractivity contribution in [1.29, 1.82) is 0 Å². The van der Waals surface area contributed by atoms with Gasteiger partial charge in [0.25, 0.3) is 0 Å². The number of nitrogens with zero attached hydrogens (tertiary/aromatic N) is 2. The van der Waals surface area contributed by atoms with E-state index >= 15 is 0 Å². The van der Waals surface area contributed by atoms with E-state index in [-0.39, 0.29) is 37.4 Å². The first-order valence-corrected chi connectivity index (χ1v) is 8.01. The zero-order valence-electron chi connectivity index (χ0n) is 15.0. The summed E-state index contributed by atoms with van der Waals surface area (Å²) < 4.78 is 13.4. The van der Waals surface area contributed by atoms with Crippen LogP contribution in [0.3, 0.4) is 0 Å². The van der Waals surface area contributed by atoms with Crippen LogP contribution in [0.15, 0.2) is 24.3 Å². The molecular weight excluding hydrogens is 311 g/mol. The third kappa shape index (κ3) is 6.28. The summed E-state index contributed by atoms with van der Waals surface area (Å²) in [4.78, 5) is 27.0. The van der Waals surface area contributed by atoms with Crippen LogP contribution in [0, 0.1) is 5.82 Å². The van der Waals surface area contributed by atoms with Crippen molar-refractivity contribution in [1.82, 2.24) is 9.80 Å². The highest BCUT2D eigenvalue weighted by atomic mass is 19.1. The van der Waals surface area contributed by atoms with Crippen LogP contribution in [0.25, 0.3) is 0 Å². The Balaban J connectivity index is 2.95. The minimum Gasteiger partial charge on any atom is -0.480 e. The Morgan fingerprint density at radius 3 is 2.29 bits per heavy atom. The van der Waals surface area contributed by atoms with E-state index in [4.69, 9.17) is 5.11 Å². The van der Waals surface area contributed by atoms with E-state index in [1.54, 1.807) is 21.9 Å². The second-order valence-electron chi connectivity index (χ2n) is 7.17. The lowest BCUT2D eigenvalue weighted by atomic mass is 10.0. The Bertz CT molecular complexity index is 582. The van der Waals surface area contributed by atoms with Gasteiger partial charge in [0, 0.05) is 18.1 Å². The molecule has 0 saturated carbocycles. The summed E-state index contributed by atoms with van der Waals surface area (Å²) in [5.74, 6) is -1.49. The number of amides is 1. The van der Waals surface area contributed by atoms with Crippen LogP contribution in [-0.2, 0) is 16.1 Å². The predicted molar refractivity (Wildman–Crippen MR) is 91.0 cm³/mol. The zero-order valence-corrected chi connectivity index (χ0v) is 15.0. The van der Waals surface area contributed by atoms with Gasteiger partial charge in [-0.05, 0) is 52.3 Å². The molecule has 0 saturated heterocycles. The molecule has 24 heavy (non-hydrogen) atoms. The SMILES string of the molecule is CC(C)N(CC(=O)O)CC(=O)N(Cc1cccc(F)c1)C(C)(C)C. The average molecular weight is 338 g/mol. The number of hydrogen-bond acceptors (Lipinski definition) is 3. The van der Waals surface area contributed by atoms with Gasteiger partial charge in [0.15, 0.2) is 0 Å². The molecule has 0 radical (unpaired) electrons. The first kappa shape index (κ1) is 20.1. The molecule has 5 nitrogen and oxygen atoms in total. The average Bonchev–Trinajstić information content (AvgIpc) is 2.42. The Kier molecular flexibility index (Phi) is 6.90. The predicted octanol–water partition coefficient (Wildman–Crippen LogP) is 2.75. The lowest BCUT2D eigenvalue weighted by Gasteiger charge is -2.38. The minimum absolute atomic E-state index is 0.0105. The Morgan fingerprint density at radius 2 is 1.83 bits per heavy atom. The molecule has 1 N–H and O–H groups in total. The molecule has 0 aliphatic rings. The van der Waals surface area contributed by atoms with Crippen molar-refractivity contribution in [2.24, 2.45) is 0 Å². The highest BCUT2D eigenvalue weighted by Gasteiger charge is 2.29. The number of carbonyl (C=O) groups is 2. The number of carboxylic acid groups (broad SMARTS) is 1. The summed E-state index contributed by atoms with van der Waals surface area (Å²) in [7, 11) is 0. The van der Waals surface area contributed by atoms with Crippen LogP contribution in [-0.4, -0.2) is 51.5 Å². The van der Waals surface area contributed by atoms with E-state index in [0.717, 1.165) is 0 Å². The van der Waals surface area contributed by atoms with Crippen LogP contribution in [0.1, 0.15) is 40.2 Å². The fourth-order valence-corrected chi connectivity index (χ4v) is 2.37. The summed E-state index contributed by atoms with van der Waals surface area (Å²) in [6.45, 7) is 9.51. The maximum absolute atomic E-state index is 13.4. The first-order valence-electron chi connectivity index (χ1n) is 8.01. The second kappa shape index (κ2) is 8.24. The number of carbonyl (C=O) groups excluding carboxylic acids is 1. The molecule has 134 valence electrons. The molecule has 0 atom stereocenters. The molecule has 1 rings (SSSR count). The summed E-state index contributed by atoms with van der Waals surface area (Å²) >= 11 is 0. The van der Waals surface area contributed by atoms with Crippen LogP contribution in [0.5, 0.6) is 0 Å². The van der Waals surface area contributed by atoms with Gasteiger partial charge >= 0.3 is 5.97 Å². The van der Waals surface area contributed by atoms with E-state index in [2.05, 4.69) is 0 Å². The molecule has 0 unspecified atom stereocenters. The number of carboxylic acids is 1. The zero-order chi connectivity index (χ0) is 18.5. The lowest BCUT2D eigenvalue weighted by Crippen LogP contribution is -2.51. The molecule has 0 bridgehead atoms. The van der Waals surface area contributed by atoms with E-state index < -0.39 is 11.5 Å². The number of halogens is 1. The first-order chi connectivity index (χ1) is 11.0. The molecule has 0 spiro atoms. The fraction of sp³-hybridized carbons (Fsp3) is 0.556. The van der Waals surface area contributed by atoms with Crippen molar-refractivity contribution in [2.45, 2.75) is 52.7 Å². The minimum atomic E-state index is -0.969. The third-order valence-corrected chi connectivity index (χ3v) is 3.75. The molecule has 0 heterocycles. The molecule has 0 fully saturated rings. The smallest absolute Gasteiger partial charge is 0.317 e. The van der Waals surface area contributed by atoms with Gasteiger partial charge in [-0.2, -0.15) is 0 Å². The summed E-state index contributed by atoms with van der Waals surface area (Å²) in [6.07, 6.45) is 0. The van der Waals surface area contributed by atoms with Gasteiger partial charge in [0.2, 0.25) is 5.91 Å². The van der Waals surface area contributed by atoms with Gasteiger partial charge in [-0.15, -0.1) is 0 Å². The highest BCUT2D eigenvalue weighted by Crippen LogP contribution is 2.19. The molecule has 0 aromatic heterocycles. The Labute approximate surface area is 143 Å². The molecule has 0 aliphatic carbocycles. The third-order valence-electron chi connectivity index (χ3n) is 3.75. The summed E-state index contributed by atoms with van der Waals surface area (Å²) in [6, 6.07) is 6.08.